The number of carbonyl (C=O) groups excluding carboxylic acids is 1. The zero-order valence-electron chi connectivity index (χ0n) is 16.8. The summed E-state index contributed by atoms with van der Waals surface area (Å²) in [6, 6.07) is 15.3. The first kappa shape index (κ1) is 18.7. The van der Waals surface area contributed by atoms with Gasteiger partial charge in [-0.1, -0.05) is 34.9 Å². The van der Waals surface area contributed by atoms with Crippen LogP contribution in [0.15, 0.2) is 59.8 Å². The van der Waals surface area contributed by atoms with Gasteiger partial charge in [-0.25, -0.2) is 0 Å². The molecule has 1 amide bonds. The average Bonchev–Trinajstić information content (AvgIpc) is 3.16. The second kappa shape index (κ2) is 7.38. The van der Waals surface area contributed by atoms with Crippen molar-refractivity contribution in [3.63, 3.8) is 0 Å². The van der Waals surface area contributed by atoms with Crippen molar-refractivity contribution in [1.29, 1.82) is 0 Å². The number of allylic oxidation sites excluding steroid dienone is 1. The molecule has 29 heavy (non-hydrogen) atoms. The molecule has 1 atom stereocenters. The third-order valence-corrected chi connectivity index (χ3v) is 4.99. The Hall–Kier alpha value is -3.68. The van der Waals surface area contributed by atoms with Gasteiger partial charge in [0.15, 0.2) is 0 Å². The lowest BCUT2D eigenvalue weighted by molar-refractivity contribution is -0.113. The Morgan fingerprint density at radius 3 is 2.41 bits per heavy atom. The average molecular weight is 389 g/mol. The summed E-state index contributed by atoms with van der Waals surface area (Å²) in [5, 5.41) is 18.1. The monoisotopic (exact) mass is 389 g/mol. The number of anilines is 3. The normalized spacial score (nSPS) is 15.5. The topological polar surface area (TPSA) is 88.0 Å². The van der Waals surface area contributed by atoms with E-state index in [0.717, 1.165) is 28.2 Å². The number of tetrazole rings is 1. The standard InChI is InChI=1S/C21H23N7O/c1-13-5-9-16(10-6-13)23-20(29)18-14(2)22-21-24-25-26-28(21)19(18)15-7-11-17(12-8-15)27(3)4/h5-12,19H,1-4H3,(H,23,29)(H,22,24,26). The number of hydrogen-bond donors (Lipinski definition) is 2. The number of aromatic nitrogens is 4. The van der Waals surface area contributed by atoms with E-state index in [1.165, 1.54) is 0 Å². The van der Waals surface area contributed by atoms with Crippen LogP contribution in [0.3, 0.4) is 0 Å². The van der Waals surface area contributed by atoms with Crippen LogP contribution in [0.25, 0.3) is 0 Å². The van der Waals surface area contributed by atoms with E-state index in [0.29, 0.717) is 11.5 Å². The van der Waals surface area contributed by atoms with Gasteiger partial charge in [-0.2, -0.15) is 4.68 Å². The van der Waals surface area contributed by atoms with Crippen LogP contribution in [0.1, 0.15) is 24.1 Å². The molecule has 0 radical (unpaired) electrons. The smallest absolute Gasteiger partial charge is 0.255 e. The quantitative estimate of drug-likeness (QED) is 0.713. The number of amides is 1. The molecule has 4 rings (SSSR count). The number of aryl methyl sites for hydroxylation is 1. The van der Waals surface area contributed by atoms with Crippen molar-refractivity contribution in [2.75, 3.05) is 29.6 Å². The van der Waals surface area contributed by atoms with E-state index in [9.17, 15) is 4.79 Å². The van der Waals surface area contributed by atoms with E-state index < -0.39 is 6.04 Å². The number of nitrogens with one attached hydrogen (secondary N) is 2. The second-order valence-electron chi connectivity index (χ2n) is 7.32. The Bertz CT molecular complexity index is 1070. The van der Waals surface area contributed by atoms with Crippen molar-refractivity contribution < 1.29 is 4.79 Å². The van der Waals surface area contributed by atoms with E-state index in [2.05, 4.69) is 26.2 Å². The summed E-state index contributed by atoms with van der Waals surface area (Å²) in [5.74, 6) is 0.317. The summed E-state index contributed by atoms with van der Waals surface area (Å²) in [7, 11) is 3.98. The zero-order valence-corrected chi connectivity index (χ0v) is 16.8. The minimum absolute atomic E-state index is 0.193. The highest BCUT2D eigenvalue weighted by molar-refractivity contribution is 6.06. The van der Waals surface area contributed by atoms with Gasteiger partial charge in [0.2, 0.25) is 5.95 Å². The Balaban J connectivity index is 1.73. The van der Waals surface area contributed by atoms with Crippen molar-refractivity contribution in [1.82, 2.24) is 20.2 Å². The number of carbonyl (C=O) groups is 1. The zero-order chi connectivity index (χ0) is 20.5. The van der Waals surface area contributed by atoms with Crippen molar-refractivity contribution in [3.8, 4) is 0 Å². The third-order valence-electron chi connectivity index (χ3n) is 4.99. The van der Waals surface area contributed by atoms with Gasteiger partial charge in [0, 0.05) is 31.2 Å². The summed E-state index contributed by atoms with van der Waals surface area (Å²) in [6.45, 7) is 3.87. The highest BCUT2D eigenvalue weighted by Crippen LogP contribution is 2.35. The number of hydrogen-bond acceptors (Lipinski definition) is 6. The second-order valence-corrected chi connectivity index (χ2v) is 7.32. The van der Waals surface area contributed by atoms with Crippen LogP contribution in [0, 0.1) is 6.92 Å². The van der Waals surface area contributed by atoms with Gasteiger partial charge in [0.1, 0.15) is 6.04 Å². The van der Waals surface area contributed by atoms with Crippen LogP contribution in [-0.2, 0) is 4.79 Å². The molecule has 2 heterocycles. The molecule has 0 fully saturated rings. The van der Waals surface area contributed by atoms with Crippen molar-refractivity contribution >= 4 is 23.2 Å². The summed E-state index contributed by atoms with van der Waals surface area (Å²) in [4.78, 5) is 15.3. The fourth-order valence-corrected chi connectivity index (χ4v) is 3.40. The molecule has 1 aliphatic rings. The first-order chi connectivity index (χ1) is 13.9. The lowest BCUT2D eigenvalue weighted by Gasteiger charge is -2.28. The van der Waals surface area contributed by atoms with Crippen molar-refractivity contribution in [3.05, 3.63) is 70.9 Å². The van der Waals surface area contributed by atoms with Gasteiger partial charge < -0.3 is 15.5 Å². The maximum absolute atomic E-state index is 13.3. The molecule has 8 nitrogen and oxygen atoms in total. The predicted molar refractivity (Wildman–Crippen MR) is 113 cm³/mol. The Morgan fingerprint density at radius 1 is 1.07 bits per heavy atom. The van der Waals surface area contributed by atoms with E-state index in [1.54, 1.807) is 4.68 Å². The lowest BCUT2D eigenvalue weighted by atomic mass is 9.94. The molecule has 1 unspecified atom stereocenters. The molecule has 1 aliphatic heterocycles. The maximum Gasteiger partial charge on any atom is 0.255 e. The van der Waals surface area contributed by atoms with Crippen LogP contribution in [0.2, 0.25) is 0 Å². The van der Waals surface area contributed by atoms with Crippen LogP contribution < -0.4 is 15.5 Å². The molecule has 2 N–H and O–H groups in total. The minimum atomic E-state index is -0.428. The molecule has 8 heteroatoms. The first-order valence-corrected chi connectivity index (χ1v) is 9.35. The van der Waals surface area contributed by atoms with E-state index >= 15 is 0 Å². The number of rotatable bonds is 4. The van der Waals surface area contributed by atoms with Gasteiger partial charge in [-0.05, 0) is 54.1 Å². The highest BCUT2D eigenvalue weighted by atomic mass is 16.1. The molecular formula is C21H23N7O. The molecule has 0 spiro atoms. The minimum Gasteiger partial charge on any atom is -0.378 e. The largest absolute Gasteiger partial charge is 0.378 e. The third kappa shape index (κ3) is 3.56. The summed E-state index contributed by atoms with van der Waals surface area (Å²) in [6.07, 6.45) is 0. The molecule has 2 aromatic carbocycles. The fraction of sp³-hybridized carbons (Fsp3) is 0.238. The number of benzene rings is 2. The summed E-state index contributed by atoms with van der Waals surface area (Å²) >= 11 is 0. The molecular weight excluding hydrogens is 366 g/mol. The van der Waals surface area contributed by atoms with Gasteiger partial charge in [0.25, 0.3) is 5.91 Å². The lowest BCUT2D eigenvalue weighted by Crippen LogP contribution is -2.31. The van der Waals surface area contributed by atoms with Crippen LogP contribution in [0.5, 0.6) is 0 Å². The highest BCUT2D eigenvalue weighted by Gasteiger charge is 2.34. The Labute approximate surface area is 169 Å². The maximum atomic E-state index is 13.3. The molecule has 1 aromatic heterocycles. The van der Waals surface area contributed by atoms with E-state index in [-0.39, 0.29) is 5.91 Å². The SMILES string of the molecule is CC1=C(C(=O)Nc2ccc(C)cc2)C(c2ccc(N(C)C)cc2)n2nnnc2N1. The molecule has 148 valence electrons. The summed E-state index contributed by atoms with van der Waals surface area (Å²) < 4.78 is 1.64. The first-order valence-electron chi connectivity index (χ1n) is 9.35. The molecule has 3 aromatic rings. The van der Waals surface area contributed by atoms with Gasteiger partial charge >= 0.3 is 0 Å². The van der Waals surface area contributed by atoms with Crippen LogP contribution >= 0.6 is 0 Å². The molecule has 0 saturated carbocycles. The number of fused-ring (bicyclic) bond motifs is 1. The summed E-state index contributed by atoms with van der Waals surface area (Å²) in [5.41, 5.74) is 5.17. The van der Waals surface area contributed by atoms with Crippen LogP contribution in [-0.4, -0.2) is 40.2 Å². The molecule has 0 bridgehead atoms. The molecule has 0 aliphatic carbocycles. The van der Waals surface area contributed by atoms with Gasteiger partial charge in [-0.3, -0.25) is 4.79 Å². The molecule has 0 saturated heterocycles. The Kier molecular flexibility index (Phi) is 4.75. The predicted octanol–water partition coefficient (Wildman–Crippen LogP) is 2.98. The number of nitrogens with zero attached hydrogens (tertiary/aromatic N) is 5. The van der Waals surface area contributed by atoms with Crippen molar-refractivity contribution in [2.24, 2.45) is 0 Å². The Morgan fingerprint density at radius 2 is 1.76 bits per heavy atom. The van der Waals surface area contributed by atoms with E-state index in [4.69, 9.17) is 0 Å². The van der Waals surface area contributed by atoms with Crippen LogP contribution in [0.4, 0.5) is 17.3 Å². The van der Waals surface area contributed by atoms with Crippen molar-refractivity contribution in [2.45, 2.75) is 19.9 Å². The fourth-order valence-electron chi connectivity index (χ4n) is 3.40. The van der Waals surface area contributed by atoms with Gasteiger partial charge in [0.05, 0.1) is 5.57 Å². The van der Waals surface area contributed by atoms with Gasteiger partial charge in [-0.15, -0.1) is 0 Å². The van der Waals surface area contributed by atoms with E-state index in [1.807, 2.05) is 81.4 Å².